The van der Waals surface area contributed by atoms with E-state index < -0.39 is 15.9 Å². The molecule has 2 amide bonds. The molecular weight excluding hydrogens is 450 g/mol. The topological polar surface area (TPSA) is 104 Å². The minimum absolute atomic E-state index is 0.0664. The number of anilines is 1. The van der Waals surface area contributed by atoms with Gasteiger partial charge in [0.2, 0.25) is 0 Å². The van der Waals surface area contributed by atoms with E-state index >= 15 is 0 Å². The van der Waals surface area contributed by atoms with E-state index in [1.165, 1.54) is 24.3 Å². The highest BCUT2D eigenvalue weighted by molar-refractivity contribution is 7.92. The molecule has 0 radical (unpaired) electrons. The van der Waals surface area contributed by atoms with Crippen LogP contribution in [0.2, 0.25) is 5.02 Å². The van der Waals surface area contributed by atoms with Crippen LogP contribution in [-0.4, -0.2) is 26.8 Å². The molecule has 0 fully saturated rings. The Balaban J connectivity index is 1.71. The van der Waals surface area contributed by atoms with Crippen molar-refractivity contribution in [2.45, 2.75) is 18.4 Å². The number of hydrogen-bond acceptors (Lipinski definition) is 4. The summed E-state index contributed by atoms with van der Waals surface area (Å²) < 4.78 is 27.9. The van der Waals surface area contributed by atoms with Crippen LogP contribution in [0.1, 0.15) is 33.2 Å². The van der Waals surface area contributed by atoms with Crippen molar-refractivity contribution in [3.05, 3.63) is 94.5 Å². The third-order valence-corrected chi connectivity index (χ3v) is 6.20. The second-order valence-electron chi connectivity index (χ2n) is 6.86. The number of carbonyl (C=O) groups is 2. The number of nitrogens with one attached hydrogen (secondary N) is 3. The average Bonchev–Trinajstić information content (AvgIpc) is 2.79. The van der Waals surface area contributed by atoms with Crippen LogP contribution in [0.25, 0.3) is 0 Å². The fourth-order valence-corrected chi connectivity index (χ4v) is 4.29. The second-order valence-corrected chi connectivity index (χ2v) is 8.95. The summed E-state index contributed by atoms with van der Waals surface area (Å²) in [7, 11) is -3.94. The molecular formula is C23H22ClN3O4S. The standard InChI is InChI=1S/C23H22ClN3O4S/c1-2-25-22(28)17-8-5-7-16(13-17)15-26-23(29)18-9-6-10-19(14-18)32(30,31)27-21-12-4-3-11-20(21)24/h3-14,27H,2,15H2,1H3,(H,25,28)(H,26,29). The first kappa shape index (κ1) is 23.3. The zero-order valence-corrected chi connectivity index (χ0v) is 18.8. The summed E-state index contributed by atoms with van der Waals surface area (Å²) >= 11 is 6.03. The molecule has 0 aliphatic carbocycles. The maximum absolute atomic E-state index is 12.7. The van der Waals surface area contributed by atoms with Crippen molar-refractivity contribution in [2.24, 2.45) is 0 Å². The molecule has 3 rings (SSSR count). The van der Waals surface area contributed by atoms with Gasteiger partial charge in [0, 0.05) is 24.2 Å². The van der Waals surface area contributed by atoms with E-state index in [1.807, 2.05) is 6.92 Å². The monoisotopic (exact) mass is 471 g/mol. The third-order valence-electron chi connectivity index (χ3n) is 4.50. The van der Waals surface area contributed by atoms with Gasteiger partial charge < -0.3 is 10.6 Å². The van der Waals surface area contributed by atoms with E-state index in [9.17, 15) is 18.0 Å². The Morgan fingerprint density at radius 3 is 2.22 bits per heavy atom. The van der Waals surface area contributed by atoms with Crippen LogP contribution in [0.15, 0.2) is 77.7 Å². The number of amides is 2. The molecule has 0 unspecified atom stereocenters. The predicted molar refractivity (Wildman–Crippen MR) is 124 cm³/mol. The van der Waals surface area contributed by atoms with Gasteiger partial charge in [0.05, 0.1) is 15.6 Å². The Morgan fingerprint density at radius 2 is 1.50 bits per heavy atom. The molecule has 7 nitrogen and oxygen atoms in total. The molecule has 0 bridgehead atoms. The van der Waals surface area contributed by atoms with Crippen LogP contribution >= 0.6 is 11.6 Å². The van der Waals surface area contributed by atoms with Gasteiger partial charge in [-0.1, -0.05) is 41.9 Å². The van der Waals surface area contributed by atoms with Gasteiger partial charge in [0.25, 0.3) is 21.8 Å². The Hall–Kier alpha value is -3.36. The highest BCUT2D eigenvalue weighted by Crippen LogP contribution is 2.24. The first-order valence-electron chi connectivity index (χ1n) is 9.83. The third kappa shape index (κ3) is 5.87. The summed E-state index contributed by atoms with van der Waals surface area (Å²) in [6.07, 6.45) is 0. The van der Waals surface area contributed by atoms with E-state index in [0.717, 1.165) is 5.56 Å². The van der Waals surface area contributed by atoms with E-state index in [1.54, 1.807) is 48.5 Å². The molecule has 0 aromatic heterocycles. The number of benzene rings is 3. The second kappa shape index (κ2) is 10.3. The van der Waals surface area contributed by atoms with Crippen molar-refractivity contribution in [1.29, 1.82) is 0 Å². The van der Waals surface area contributed by atoms with Gasteiger partial charge in [-0.25, -0.2) is 8.42 Å². The molecule has 0 spiro atoms. The first-order chi connectivity index (χ1) is 15.3. The quantitative estimate of drug-likeness (QED) is 0.464. The Bertz CT molecular complexity index is 1250. The lowest BCUT2D eigenvalue weighted by Gasteiger charge is -2.11. The van der Waals surface area contributed by atoms with Gasteiger partial charge in [0.1, 0.15) is 0 Å². The number of halogens is 1. The highest BCUT2D eigenvalue weighted by atomic mass is 35.5. The van der Waals surface area contributed by atoms with Crippen molar-refractivity contribution in [2.75, 3.05) is 11.3 Å². The summed E-state index contributed by atoms with van der Waals surface area (Å²) in [5, 5.41) is 5.73. The van der Waals surface area contributed by atoms with Gasteiger partial charge >= 0.3 is 0 Å². The van der Waals surface area contributed by atoms with Gasteiger partial charge in [-0.3, -0.25) is 14.3 Å². The zero-order chi connectivity index (χ0) is 23.1. The number of hydrogen-bond donors (Lipinski definition) is 3. The van der Waals surface area contributed by atoms with Crippen LogP contribution < -0.4 is 15.4 Å². The van der Waals surface area contributed by atoms with E-state index in [-0.39, 0.29) is 33.6 Å². The summed E-state index contributed by atoms with van der Waals surface area (Å²) in [5.41, 5.74) is 1.67. The lowest BCUT2D eigenvalue weighted by molar-refractivity contribution is 0.0947. The molecule has 0 aliphatic heterocycles. The Labute approximate surface area is 191 Å². The van der Waals surface area contributed by atoms with Crippen molar-refractivity contribution < 1.29 is 18.0 Å². The molecule has 0 atom stereocenters. The Kier molecular flexibility index (Phi) is 7.50. The SMILES string of the molecule is CCNC(=O)c1cccc(CNC(=O)c2cccc(S(=O)(=O)Nc3ccccc3Cl)c2)c1. The molecule has 3 aromatic rings. The maximum atomic E-state index is 12.7. The highest BCUT2D eigenvalue weighted by Gasteiger charge is 2.18. The molecule has 0 heterocycles. The minimum atomic E-state index is -3.94. The van der Waals surface area contributed by atoms with Crippen molar-refractivity contribution in [3.63, 3.8) is 0 Å². The van der Waals surface area contributed by atoms with E-state index in [0.29, 0.717) is 12.1 Å². The van der Waals surface area contributed by atoms with E-state index in [4.69, 9.17) is 11.6 Å². The van der Waals surface area contributed by atoms with Crippen molar-refractivity contribution in [1.82, 2.24) is 10.6 Å². The molecule has 3 aromatic carbocycles. The number of carbonyl (C=O) groups excluding carboxylic acids is 2. The molecule has 0 saturated heterocycles. The molecule has 9 heteroatoms. The summed E-state index contributed by atoms with van der Waals surface area (Å²) in [6, 6.07) is 19.1. The van der Waals surface area contributed by atoms with Gasteiger partial charge in [-0.2, -0.15) is 0 Å². The minimum Gasteiger partial charge on any atom is -0.352 e. The largest absolute Gasteiger partial charge is 0.352 e. The summed E-state index contributed by atoms with van der Waals surface area (Å²) in [4.78, 5) is 24.5. The Morgan fingerprint density at radius 1 is 0.844 bits per heavy atom. The molecule has 166 valence electrons. The number of rotatable bonds is 8. The van der Waals surface area contributed by atoms with Crippen LogP contribution in [0.4, 0.5) is 5.69 Å². The van der Waals surface area contributed by atoms with Gasteiger partial charge in [-0.15, -0.1) is 0 Å². The lowest BCUT2D eigenvalue weighted by Crippen LogP contribution is -2.25. The van der Waals surface area contributed by atoms with Crippen LogP contribution in [0.5, 0.6) is 0 Å². The number of sulfonamides is 1. The predicted octanol–water partition coefficient (Wildman–Crippen LogP) is 3.82. The molecule has 3 N–H and O–H groups in total. The average molecular weight is 472 g/mol. The molecule has 32 heavy (non-hydrogen) atoms. The fraction of sp³-hybridized carbons (Fsp3) is 0.130. The number of para-hydroxylation sites is 1. The molecule has 0 aliphatic rings. The fourth-order valence-electron chi connectivity index (χ4n) is 2.92. The van der Waals surface area contributed by atoms with Crippen LogP contribution in [-0.2, 0) is 16.6 Å². The normalized spacial score (nSPS) is 10.9. The summed E-state index contributed by atoms with van der Waals surface area (Å²) in [5.74, 6) is -0.632. The smallest absolute Gasteiger partial charge is 0.261 e. The van der Waals surface area contributed by atoms with Gasteiger partial charge in [-0.05, 0) is 55.0 Å². The van der Waals surface area contributed by atoms with Crippen LogP contribution in [0.3, 0.4) is 0 Å². The van der Waals surface area contributed by atoms with E-state index in [2.05, 4.69) is 15.4 Å². The van der Waals surface area contributed by atoms with Crippen LogP contribution in [0, 0.1) is 0 Å². The summed E-state index contributed by atoms with van der Waals surface area (Å²) in [6.45, 7) is 2.53. The maximum Gasteiger partial charge on any atom is 0.261 e. The van der Waals surface area contributed by atoms with Crippen molar-refractivity contribution >= 4 is 39.1 Å². The van der Waals surface area contributed by atoms with Crippen molar-refractivity contribution in [3.8, 4) is 0 Å². The first-order valence-corrected chi connectivity index (χ1v) is 11.7. The van der Waals surface area contributed by atoms with Gasteiger partial charge in [0.15, 0.2) is 0 Å². The zero-order valence-electron chi connectivity index (χ0n) is 17.3. The lowest BCUT2D eigenvalue weighted by atomic mass is 10.1. The molecule has 0 saturated carbocycles.